The minimum atomic E-state index is 0.0475. The summed E-state index contributed by atoms with van der Waals surface area (Å²) in [6.45, 7) is 4.25. The summed E-state index contributed by atoms with van der Waals surface area (Å²) in [6.07, 6.45) is 0. The maximum Gasteiger partial charge on any atom is 0.122 e. The Morgan fingerprint density at radius 2 is 1.76 bits per heavy atom. The van der Waals surface area contributed by atoms with Crippen LogP contribution in [0.4, 0.5) is 0 Å². The van der Waals surface area contributed by atoms with Crippen molar-refractivity contribution >= 4 is 29.2 Å². The zero-order valence-corrected chi connectivity index (χ0v) is 13.8. The highest BCUT2D eigenvalue weighted by Gasteiger charge is 2.05. The van der Waals surface area contributed by atoms with Gasteiger partial charge in [-0.05, 0) is 31.0 Å². The van der Waals surface area contributed by atoms with E-state index in [1.54, 1.807) is 6.07 Å². The lowest BCUT2D eigenvalue weighted by Gasteiger charge is -2.08. The van der Waals surface area contributed by atoms with Gasteiger partial charge in [0.1, 0.15) is 5.84 Å². The number of benzene rings is 2. The molecule has 0 spiro atoms. The van der Waals surface area contributed by atoms with Crippen LogP contribution in [0.2, 0.25) is 5.02 Å². The Kier molecular flexibility index (Phi) is 5.32. The van der Waals surface area contributed by atoms with Crippen molar-refractivity contribution in [2.45, 2.75) is 25.4 Å². The number of hydrogen-bond donors (Lipinski definition) is 2. The maximum atomic E-state index is 7.41. The number of rotatable bonds is 5. The molecule has 0 unspecified atom stereocenters. The molecule has 0 aliphatic carbocycles. The lowest BCUT2D eigenvalue weighted by atomic mass is 10.1. The molecule has 0 amide bonds. The molecule has 4 heteroatoms. The molecule has 0 heterocycles. The number of thioether (sulfide) groups is 1. The SMILES string of the molecule is Cc1cc(C)cc(CSCc2ccc(C(=N)N)cc2Cl)c1. The minimum absolute atomic E-state index is 0.0475. The van der Waals surface area contributed by atoms with E-state index in [2.05, 4.69) is 32.0 Å². The van der Waals surface area contributed by atoms with Gasteiger partial charge in [-0.15, -0.1) is 0 Å². The van der Waals surface area contributed by atoms with Gasteiger partial charge >= 0.3 is 0 Å². The molecule has 0 atom stereocenters. The number of nitrogens with two attached hydrogens (primary N) is 1. The molecule has 0 saturated heterocycles. The average Bonchev–Trinajstić information content (AvgIpc) is 2.39. The van der Waals surface area contributed by atoms with E-state index >= 15 is 0 Å². The highest BCUT2D eigenvalue weighted by atomic mass is 35.5. The first kappa shape index (κ1) is 15.9. The summed E-state index contributed by atoms with van der Waals surface area (Å²) in [6, 6.07) is 12.2. The summed E-state index contributed by atoms with van der Waals surface area (Å²) in [5, 5.41) is 8.08. The molecule has 110 valence electrons. The molecular formula is C17H19ClN2S. The standard InChI is InChI=1S/C17H19ClN2S/c1-11-5-12(2)7-13(6-11)9-21-10-15-4-3-14(17(19)20)8-16(15)18/h3-8H,9-10H2,1-2H3,(H3,19,20). The molecule has 21 heavy (non-hydrogen) atoms. The Bertz CT molecular complexity index is 648. The molecule has 2 aromatic rings. The monoisotopic (exact) mass is 318 g/mol. The quantitative estimate of drug-likeness (QED) is 0.621. The zero-order chi connectivity index (χ0) is 15.4. The largest absolute Gasteiger partial charge is 0.384 e. The van der Waals surface area contributed by atoms with E-state index in [1.807, 2.05) is 23.9 Å². The van der Waals surface area contributed by atoms with Gasteiger partial charge in [0, 0.05) is 22.1 Å². The highest BCUT2D eigenvalue weighted by molar-refractivity contribution is 7.97. The minimum Gasteiger partial charge on any atom is -0.384 e. The van der Waals surface area contributed by atoms with Crippen molar-refractivity contribution in [1.29, 1.82) is 5.41 Å². The van der Waals surface area contributed by atoms with Gasteiger partial charge < -0.3 is 5.73 Å². The van der Waals surface area contributed by atoms with Crippen LogP contribution in [0.1, 0.15) is 27.8 Å². The Labute approximate surface area is 135 Å². The van der Waals surface area contributed by atoms with Gasteiger partial charge in [-0.1, -0.05) is 53.1 Å². The van der Waals surface area contributed by atoms with E-state index < -0.39 is 0 Å². The van der Waals surface area contributed by atoms with Crippen molar-refractivity contribution in [3.8, 4) is 0 Å². The van der Waals surface area contributed by atoms with Crippen LogP contribution in [0, 0.1) is 19.3 Å². The van der Waals surface area contributed by atoms with Crippen LogP contribution in [0.15, 0.2) is 36.4 Å². The van der Waals surface area contributed by atoms with Gasteiger partial charge in [0.15, 0.2) is 0 Å². The van der Waals surface area contributed by atoms with E-state index in [4.69, 9.17) is 22.7 Å². The molecule has 2 nitrogen and oxygen atoms in total. The number of nitrogen functional groups attached to an aromatic ring is 1. The summed E-state index contributed by atoms with van der Waals surface area (Å²) in [4.78, 5) is 0. The van der Waals surface area contributed by atoms with E-state index in [-0.39, 0.29) is 5.84 Å². The Hall–Kier alpha value is -1.45. The fourth-order valence-corrected chi connectivity index (χ4v) is 3.57. The summed E-state index contributed by atoms with van der Waals surface area (Å²) in [5.41, 5.74) is 11.1. The molecule has 3 N–H and O–H groups in total. The Balaban J connectivity index is 1.98. The summed E-state index contributed by atoms with van der Waals surface area (Å²) in [7, 11) is 0. The summed E-state index contributed by atoms with van der Waals surface area (Å²) >= 11 is 8.08. The number of nitrogens with one attached hydrogen (secondary N) is 1. The first-order valence-corrected chi connectivity index (χ1v) is 8.26. The summed E-state index contributed by atoms with van der Waals surface area (Å²) in [5.74, 6) is 1.86. The van der Waals surface area contributed by atoms with Gasteiger partial charge in [0.2, 0.25) is 0 Å². The lowest BCUT2D eigenvalue weighted by molar-refractivity contribution is 1.29. The van der Waals surface area contributed by atoms with Crippen molar-refractivity contribution in [3.05, 3.63) is 69.2 Å². The predicted octanol–water partition coefficient (Wildman–Crippen LogP) is 4.67. The Morgan fingerprint density at radius 1 is 1.10 bits per heavy atom. The second-order valence-corrected chi connectivity index (χ2v) is 6.60. The van der Waals surface area contributed by atoms with Crippen LogP contribution in [0.3, 0.4) is 0 Å². The van der Waals surface area contributed by atoms with E-state index in [0.29, 0.717) is 10.6 Å². The fourth-order valence-electron chi connectivity index (χ4n) is 2.26. The van der Waals surface area contributed by atoms with Gasteiger partial charge in [0.05, 0.1) is 0 Å². The topological polar surface area (TPSA) is 49.9 Å². The smallest absolute Gasteiger partial charge is 0.122 e. The number of aryl methyl sites for hydroxylation is 2. The van der Waals surface area contributed by atoms with Crippen LogP contribution in [-0.4, -0.2) is 5.84 Å². The second kappa shape index (κ2) is 7.01. The molecule has 0 aliphatic rings. The third kappa shape index (κ3) is 4.51. The molecule has 0 fully saturated rings. The molecule has 0 aliphatic heterocycles. The summed E-state index contributed by atoms with van der Waals surface area (Å²) < 4.78 is 0. The third-order valence-electron chi connectivity index (χ3n) is 3.17. The van der Waals surface area contributed by atoms with Crippen molar-refractivity contribution in [2.24, 2.45) is 5.73 Å². The van der Waals surface area contributed by atoms with E-state index in [1.165, 1.54) is 16.7 Å². The fraction of sp³-hybridized carbons (Fsp3) is 0.235. The predicted molar refractivity (Wildman–Crippen MR) is 93.4 cm³/mol. The van der Waals surface area contributed by atoms with Gasteiger partial charge in [-0.2, -0.15) is 11.8 Å². The first-order chi connectivity index (χ1) is 9.95. The van der Waals surface area contributed by atoms with Gasteiger partial charge in [-0.25, -0.2) is 0 Å². The number of hydrogen-bond acceptors (Lipinski definition) is 2. The van der Waals surface area contributed by atoms with Crippen molar-refractivity contribution in [1.82, 2.24) is 0 Å². The van der Waals surface area contributed by atoms with Gasteiger partial charge in [0.25, 0.3) is 0 Å². The van der Waals surface area contributed by atoms with Crippen LogP contribution >= 0.6 is 23.4 Å². The molecule has 0 aromatic heterocycles. The number of halogens is 1. The molecule has 2 aromatic carbocycles. The van der Waals surface area contributed by atoms with E-state index in [0.717, 1.165) is 17.1 Å². The molecule has 0 bridgehead atoms. The molecule has 0 radical (unpaired) electrons. The lowest BCUT2D eigenvalue weighted by Crippen LogP contribution is -2.10. The molecule has 0 saturated carbocycles. The Morgan fingerprint density at radius 3 is 2.33 bits per heavy atom. The van der Waals surface area contributed by atoms with Crippen molar-refractivity contribution in [3.63, 3.8) is 0 Å². The van der Waals surface area contributed by atoms with Crippen LogP contribution < -0.4 is 5.73 Å². The van der Waals surface area contributed by atoms with Crippen molar-refractivity contribution in [2.75, 3.05) is 0 Å². The van der Waals surface area contributed by atoms with Crippen LogP contribution in [-0.2, 0) is 11.5 Å². The van der Waals surface area contributed by atoms with E-state index in [9.17, 15) is 0 Å². The highest BCUT2D eigenvalue weighted by Crippen LogP contribution is 2.25. The second-order valence-electron chi connectivity index (χ2n) is 5.21. The normalized spacial score (nSPS) is 10.6. The van der Waals surface area contributed by atoms with Gasteiger partial charge in [-0.3, -0.25) is 5.41 Å². The van der Waals surface area contributed by atoms with Crippen LogP contribution in [0.25, 0.3) is 0 Å². The first-order valence-electron chi connectivity index (χ1n) is 6.73. The van der Waals surface area contributed by atoms with Crippen LogP contribution in [0.5, 0.6) is 0 Å². The molecular weight excluding hydrogens is 300 g/mol. The zero-order valence-electron chi connectivity index (χ0n) is 12.2. The third-order valence-corrected chi connectivity index (χ3v) is 4.58. The van der Waals surface area contributed by atoms with Crippen molar-refractivity contribution < 1.29 is 0 Å². The molecule has 2 rings (SSSR count). The maximum absolute atomic E-state index is 7.41. The average molecular weight is 319 g/mol. The number of amidine groups is 1.